The number of aryl methyl sites for hydroxylation is 1. The maximum Gasteiger partial charge on any atom is 0.264 e. The van der Waals surface area contributed by atoms with Gasteiger partial charge in [0.05, 0.1) is 10.6 Å². The largest absolute Gasteiger partial charge is 0.322 e. The van der Waals surface area contributed by atoms with E-state index >= 15 is 0 Å². The molecule has 3 aromatic carbocycles. The van der Waals surface area contributed by atoms with Crippen LogP contribution in [0.1, 0.15) is 15.9 Å². The van der Waals surface area contributed by atoms with Crippen molar-refractivity contribution in [2.45, 2.75) is 16.7 Å². The highest BCUT2D eigenvalue weighted by Gasteiger charge is 2.21. The molecule has 5 nitrogen and oxygen atoms in total. The molecule has 1 N–H and O–H groups in total. The highest BCUT2D eigenvalue weighted by Crippen LogP contribution is 2.24. The Morgan fingerprint density at radius 3 is 2.21 bits per heavy atom. The van der Waals surface area contributed by atoms with Gasteiger partial charge in [-0.15, -0.1) is 11.8 Å². The number of nitrogens with zero attached hydrogens (tertiary/aromatic N) is 1. The van der Waals surface area contributed by atoms with E-state index in [9.17, 15) is 13.2 Å². The average Bonchev–Trinajstić information content (AvgIpc) is 2.73. The molecule has 0 aliphatic rings. The Hall–Kier alpha value is -2.77. The molecule has 0 aliphatic carbocycles. The molecule has 150 valence electrons. The summed E-state index contributed by atoms with van der Waals surface area (Å²) in [6.45, 7) is 1.95. The summed E-state index contributed by atoms with van der Waals surface area (Å²) in [5.74, 6) is -0.250. The number of hydrogen-bond acceptors (Lipinski definition) is 4. The van der Waals surface area contributed by atoms with Crippen molar-refractivity contribution < 1.29 is 13.2 Å². The molecular formula is C22H22N2O3S2. The molecule has 0 fully saturated rings. The SMILES string of the molecule is CSc1ccc(S(=O)(=O)N(C)c2ccc(C(=O)Nc3cccc(C)c3)cc2)cc1. The van der Waals surface area contributed by atoms with Crippen molar-refractivity contribution in [2.24, 2.45) is 0 Å². The van der Waals surface area contributed by atoms with Crippen LogP contribution in [0.4, 0.5) is 11.4 Å². The third kappa shape index (κ3) is 4.81. The van der Waals surface area contributed by atoms with Crippen molar-refractivity contribution >= 4 is 39.1 Å². The molecule has 0 radical (unpaired) electrons. The highest BCUT2D eigenvalue weighted by molar-refractivity contribution is 7.98. The summed E-state index contributed by atoms with van der Waals surface area (Å²) in [6, 6.07) is 20.8. The first kappa shape index (κ1) is 21.0. The lowest BCUT2D eigenvalue weighted by atomic mass is 10.1. The summed E-state index contributed by atoms with van der Waals surface area (Å²) < 4.78 is 26.9. The van der Waals surface area contributed by atoms with Crippen LogP contribution in [-0.4, -0.2) is 27.6 Å². The van der Waals surface area contributed by atoms with Crippen LogP contribution in [0.2, 0.25) is 0 Å². The normalized spacial score (nSPS) is 11.1. The van der Waals surface area contributed by atoms with Gasteiger partial charge in [0, 0.05) is 23.2 Å². The number of rotatable bonds is 6. The smallest absolute Gasteiger partial charge is 0.264 e. The van der Waals surface area contributed by atoms with E-state index in [4.69, 9.17) is 0 Å². The summed E-state index contributed by atoms with van der Waals surface area (Å²) >= 11 is 1.55. The minimum Gasteiger partial charge on any atom is -0.322 e. The molecule has 0 unspecified atom stereocenters. The summed E-state index contributed by atoms with van der Waals surface area (Å²) in [5, 5.41) is 2.84. The number of nitrogens with one attached hydrogen (secondary N) is 1. The molecule has 0 saturated heterocycles. The third-order valence-corrected chi connectivity index (χ3v) is 7.03. The lowest BCUT2D eigenvalue weighted by Crippen LogP contribution is -2.26. The molecule has 0 aliphatic heterocycles. The molecule has 0 bridgehead atoms. The Morgan fingerprint density at radius 2 is 1.62 bits per heavy atom. The highest BCUT2D eigenvalue weighted by atomic mass is 32.2. The van der Waals surface area contributed by atoms with Crippen LogP contribution < -0.4 is 9.62 Å². The molecule has 0 aromatic heterocycles. The second-order valence-corrected chi connectivity index (χ2v) is 9.37. The molecule has 1 amide bonds. The van der Waals surface area contributed by atoms with Gasteiger partial charge in [0.25, 0.3) is 15.9 Å². The number of thioether (sulfide) groups is 1. The number of sulfonamides is 1. The van der Waals surface area contributed by atoms with Crippen LogP contribution in [0.5, 0.6) is 0 Å². The fraction of sp³-hybridized carbons (Fsp3) is 0.136. The zero-order chi connectivity index (χ0) is 21.0. The van der Waals surface area contributed by atoms with Crippen molar-refractivity contribution in [1.29, 1.82) is 0 Å². The van der Waals surface area contributed by atoms with Gasteiger partial charge >= 0.3 is 0 Å². The summed E-state index contributed by atoms with van der Waals surface area (Å²) in [7, 11) is -2.18. The van der Waals surface area contributed by atoms with Crippen LogP contribution in [0.25, 0.3) is 0 Å². The number of carbonyl (C=O) groups is 1. The number of benzene rings is 3. The summed E-state index contributed by atoms with van der Waals surface area (Å²) in [4.78, 5) is 13.7. The number of anilines is 2. The minimum atomic E-state index is -3.68. The van der Waals surface area contributed by atoms with Crippen LogP contribution in [0.3, 0.4) is 0 Å². The molecule has 7 heteroatoms. The van der Waals surface area contributed by atoms with E-state index in [1.807, 2.05) is 37.4 Å². The first-order valence-corrected chi connectivity index (χ1v) is 11.6. The second kappa shape index (κ2) is 8.71. The van der Waals surface area contributed by atoms with Crippen LogP contribution in [-0.2, 0) is 10.0 Å². The first-order valence-electron chi connectivity index (χ1n) is 8.92. The average molecular weight is 427 g/mol. The Kier molecular flexibility index (Phi) is 6.30. The van der Waals surface area contributed by atoms with Gasteiger partial charge in [-0.2, -0.15) is 0 Å². The van der Waals surface area contributed by atoms with E-state index in [0.717, 1.165) is 10.5 Å². The Bertz CT molecular complexity index is 1110. The third-order valence-electron chi connectivity index (χ3n) is 4.49. The maximum atomic E-state index is 12.9. The van der Waals surface area contributed by atoms with Crippen molar-refractivity contribution in [3.63, 3.8) is 0 Å². The topological polar surface area (TPSA) is 66.5 Å². The molecule has 0 spiro atoms. The first-order chi connectivity index (χ1) is 13.8. The van der Waals surface area contributed by atoms with E-state index in [0.29, 0.717) is 16.9 Å². The van der Waals surface area contributed by atoms with Crippen molar-refractivity contribution in [2.75, 3.05) is 22.9 Å². The molecule has 3 rings (SSSR count). The summed E-state index contributed by atoms with van der Waals surface area (Å²) in [6.07, 6.45) is 1.94. The predicted octanol–water partition coefficient (Wildman–Crippen LogP) is 4.79. The van der Waals surface area contributed by atoms with Crippen molar-refractivity contribution in [1.82, 2.24) is 0 Å². The maximum absolute atomic E-state index is 12.9. The van der Waals surface area contributed by atoms with Crippen molar-refractivity contribution in [3.05, 3.63) is 83.9 Å². The monoisotopic (exact) mass is 426 g/mol. The van der Waals surface area contributed by atoms with Gasteiger partial charge in [-0.3, -0.25) is 9.10 Å². The van der Waals surface area contributed by atoms with Crippen LogP contribution >= 0.6 is 11.8 Å². The lowest BCUT2D eigenvalue weighted by Gasteiger charge is -2.20. The quantitative estimate of drug-likeness (QED) is 0.575. The Morgan fingerprint density at radius 1 is 0.966 bits per heavy atom. The number of hydrogen-bond donors (Lipinski definition) is 1. The van der Waals surface area contributed by atoms with Gasteiger partial charge in [-0.05, 0) is 79.4 Å². The standard InChI is InChI=1S/C22H22N2O3S2/c1-16-5-4-6-18(15-16)23-22(25)17-7-9-19(10-8-17)24(2)29(26,27)21-13-11-20(28-3)12-14-21/h4-15H,1-3H3,(H,23,25). The van der Waals surface area contributed by atoms with Gasteiger partial charge in [-0.25, -0.2) is 8.42 Å². The molecule has 0 saturated carbocycles. The van der Waals surface area contributed by atoms with Gasteiger partial charge in [-0.1, -0.05) is 12.1 Å². The van der Waals surface area contributed by atoms with E-state index in [1.165, 1.54) is 11.4 Å². The molecule has 0 atom stereocenters. The second-order valence-electron chi connectivity index (χ2n) is 6.52. The fourth-order valence-electron chi connectivity index (χ4n) is 2.79. The van der Waals surface area contributed by atoms with E-state index < -0.39 is 10.0 Å². The zero-order valence-corrected chi connectivity index (χ0v) is 18.0. The fourth-order valence-corrected chi connectivity index (χ4v) is 4.40. The Labute approximate surface area is 175 Å². The zero-order valence-electron chi connectivity index (χ0n) is 16.4. The van der Waals surface area contributed by atoms with E-state index in [-0.39, 0.29) is 10.8 Å². The van der Waals surface area contributed by atoms with Crippen molar-refractivity contribution in [3.8, 4) is 0 Å². The van der Waals surface area contributed by atoms with Gasteiger partial charge in [0.2, 0.25) is 0 Å². The van der Waals surface area contributed by atoms with Gasteiger partial charge in [0.15, 0.2) is 0 Å². The van der Waals surface area contributed by atoms with Crippen LogP contribution in [0, 0.1) is 6.92 Å². The van der Waals surface area contributed by atoms with Gasteiger partial charge < -0.3 is 5.32 Å². The molecule has 0 heterocycles. The number of carbonyl (C=O) groups excluding carboxylic acids is 1. The molecular weight excluding hydrogens is 404 g/mol. The van der Waals surface area contributed by atoms with E-state index in [1.54, 1.807) is 60.3 Å². The van der Waals surface area contributed by atoms with E-state index in [2.05, 4.69) is 5.32 Å². The van der Waals surface area contributed by atoms with Gasteiger partial charge in [0.1, 0.15) is 0 Å². The predicted molar refractivity (Wildman–Crippen MR) is 119 cm³/mol. The summed E-state index contributed by atoms with van der Waals surface area (Å²) in [5.41, 5.74) is 2.69. The Balaban J connectivity index is 1.76. The van der Waals surface area contributed by atoms with Crippen LogP contribution in [0.15, 0.2) is 82.6 Å². The molecule has 29 heavy (non-hydrogen) atoms. The number of amides is 1. The minimum absolute atomic E-state index is 0.221. The molecule has 3 aromatic rings. The lowest BCUT2D eigenvalue weighted by molar-refractivity contribution is 0.102.